The van der Waals surface area contributed by atoms with Crippen LogP contribution < -0.4 is 10.6 Å². The molecular weight excluding hydrogens is 300 g/mol. The third-order valence-corrected chi connectivity index (χ3v) is 4.06. The molecule has 0 atom stereocenters. The zero-order valence-electron chi connectivity index (χ0n) is 12.7. The zero-order chi connectivity index (χ0) is 16.5. The fraction of sp³-hybridized carbons (Fsp3) is 0. The molecule has 1 aliphatic rings. The van der Waals surface area contributed by atoms with Crippen LogP contribution in [0.2, 0.25) is 0 Å². The van der Waals surface area contributed by atoms with Crippen molar-refractivity contribution in [2.75, 3.05) is 10.6 Å². The first-order valence-corrected chi connectivity index (χ1v) is 7.62. The first-order valence-electron chi connectivity index (χ1n) is 7.62. The van der Waals surface area contributed by atoms with Crippen LogP contribution in [0.4, 0.5) is 17.1 Å². The second-order valence-corrected chi connectivity index (χ2v) is 5.63. The van der Waals surface area contributed by atoms with Gasteiger partial charge in [-0.2, -0.15) is 0 Å². The lowest BCUT2D eigenvalue weighted by Gasteiger charge is -2.10. The highest BCUT2D eigenvalue weighted by Crippen LogP contribution is 2.34. The Bertz CT molecular complexity index is 963. The van der Waals surface area contributed by atoms with Crippen LogP contribution in [0.5, 0.6) is 0 Å². The molecule has 0 aromatic heterocycles. The lowest BCUT2D eigenvalue weighted by atomic mass is 10.00. The molecule has 4 nitrogen and oxygen atoms in total. The highest BCUT2D eigenvalue weighted by atomic mass is 16.1. The summed E-state index contributed by atoms with van der Waals surface area (Å²) >= 11 is 0. The Balaban J connectivity index is 1.80. The molecule has 0 spiro atoms. The third-order valence-electron chi connectivity index (χ3n) is 4.06. The standard InChI is InChI=1S/C20H14N2O2/c23-12-13-4-3-5-14(10-13)15-8-9-17-16(11-15)20(24)22-19-7-2-1-6-18(19)21-17/h1-12,21H,(H,22,24). The molecule has 0 unspecified atom stereocenters. The zero-order valence-corrected chi connectivity index (χ0v) is 12.7. The fourth-order valence-electron chi connectivity index (χ4n) is 2.85. The van der Waals surface area contributed by atoms with E-state index >= 15 is 0 Å². The van der Waals surface area contributed by atoms with Gasteiger partial charge in [-0.1, -0.05) is 36.4 Å². The van der Waals surface area contributed by atoms with Gasteiger partial charge in [0, 0.05) is 5.56 Å². The normalized spacial score (nSPS) is 12.2. The predicted molar refractivity (Wildman–Crippen MR) is 94.9 cm³/mol. The number of carbonyl (C=O) groups excluding carboxylic acids is 2. The molecule has 3 aromatic carbocycles. The Morgan fingerprint density at radius 1 is 0.708 bits per heavy atom. The number of rotatable bonds is 2. The third kappa shape index (κ3) is 2.44. The summed E-state index contributed by atoms with van der Waals surface area (Å²) < 4.78 is 0. The van der Waals surface area contributed by atoms with Crippen LogP contribution in [0, 0.1) is 0 Å². The highest BCUT2D eigenvalue weighted by molar-refractivity contribution is 6.12. The highest BCUT2D eigenvalue weighted by Gasteiger charge is 2.19. The summed E-state index contributed by atoms with van der Waals surface area (Å²) in [5, 5.41) is 6.22. The minimum Gasteiger partial charge on any atom is -0.353 e. The molecule has 4 heteroatoms. The van der Waals surface area contributed by atoms with Gasteiger partial charge < -0.3 is 10.6 Å². The largest absolute Gasteiger partial charge is 0.353 e. The van der Waals surface area contributed by atoms with Gasteiger partial charge in [-0.25, -0.2) is 0 Å². The minimum atomic E-state index is -0.157. The molecule has 24 heavy (non-hydrogen) atoms. The van der Waals surface area contributed by atoms with E-state index in [1.807, 2.05) is 60.7 Å². The monoisotopic (exact) mass is 314 g/mol. The molecule has 0 saturated carbocycles. The van der Waals surface area contributed by atoms with Crippen molar-refractivity contribution in [3.05, 3.63) is 77.9 Å². The average Bonchev–Trinajstić information content (AvgIpc) is 2.77. The van der Waals surface area contributed by atoms with Crippen molar-refractivity contribution in [1.82, 2.24) is 0 Å². The van der Waals surface area contributed by atoms with Gasteiger partial charge in [-0.05, 0) is 41.5 Å². The van der Waals surface area contributed by atoms with Crippen molar-refractivity contribution < 1.29 is 9.59 Å². The van der Waals surface area contributed by atoms with E-state index < -0.39 is 0 Å². The SMILES string of the molecule is O=Cc1cccc(-c2ccc3c(c2)C(=O)Nc2ccccc2N3)c1. The predicted octanol–water partition coefficient (Wildman–Crippen LogP) is 4.48. The summed E-state index contributed by atoms with van der Waals surface area (Å²) in [4.78, 5) is 23.5. The van der Waals surface area contributed by atoms with E-state index in [1.165, 1.54) is 0 Å². The second-order valence-electron chi connectivity index (χ2n) is 5.63. The average molecular weight is 314 g/mol. The number of hydrogen-bond donors (Lipinski definition) is 2. The first-order chi connectivity index (χ1) is 11.7. The van der Waals surface area contributed by atoms with Crippen LogP contribution in [0.3, 0.4) is 0 Å². The van der Waals surface area contributed by atoms with E-state index in [0.717, 1.165) is 34.5 Å². The number of hydrogen-bond acceptors (Lipinski definition) is 3. The topological polar surface area (TPSA) is 58.2 Å². The van der Waals surface area contributed by atoms with Gasteiger partial charge in [0.15, 0.2) is 0 Å². The molecule has 1 heterocycles. The van der Waals surface area contributed by atoms with Crippen LogP contribution in [0.25, 0.3) is 11.1 Å². The molecule has 0 saturated heterocycles. The van der Waals surface area contributed by atoms with Gasteiger partial charge in [-0.3, -0.25) is 9.59 Å². The molecule has 0 bridgehead atoms. The summed E-state index contributed by atoms with van der Waals surface area (Å²) in [5.41, 5.74) is 5.34. The lowest BCUT2D eigenvalue weighted by molar-refractivity contribution is 0.102. The van der Waals surface area contributed by atoms with Gasteiger partial charge in [-0.15, -0.1) is 0 Å². The summed E-state index contributed by atoms with van der Waals surface area (Å²) in [6, 6.07) is 20.6. The second kappa shape index (κ2) is 5.66. The van der Waals surface area contributed by atoms with E-state index in [2.05, 4.69) is 10.6 Å². The molecule has 0 fully saturated rings. The Morgan fingerprint density at radius 2 is 1.46 bits per heavy atom. The number of para-hydroxylation sites is 2. The maximum absolute atomic E-state index is 12.6. The molecule has 0 radical (unpaired) electrons. The number of carbonyl (C=O) groups is 2. The maximum atomic E-state index is 12.6. The Morgan fingerprint density at radius 3 is 2.25 bits per heavy atom. The summed E-state index contributed by atoms with van der Waals surface area (Å²) in [6.07, 6.45) is 0.817. The summed E-state index contributed by atoms with van der Waals surface area (Å²) in [7, 11) is 0. The summed E-state index contributed by atoms with van der Waals surface area (Å²) in [5.74, 6) is -0.157. The van der Waals surface area contributed by atoms with Crippen LogP contribution in [0.1, 0.15) is 20.7 Å². The first kappa shape index (κ1) is 14.2. The fourth-order valence-corrected chi connectivity index (χ4v) is 2.85. The van der Waals surface area contributed by atoms with Crippen molar-refractivity contribution in [3.63, 3.8) is 0 Å². The molecule has 1 amide bonds. The van der Waals surface area contributed by atoms with E-state index in [-0.39, 0.29) is 5.91 Å². The van der Waals surface area contributed by atoms with Gasteiger partial charge in [0.05, 0.1) is 22.6 Å². The maximum Gasteiger partial charge on any atom is 0.257 e. The molecule has 0 aliphatic carbocycles. The molecule has 116 valence electrons. The van der Waals surface area contributed by atoms with Gasteiger partial charge in [0.1, 0.15) is 6.29 Å². The number of benzene rings is 3. The molecular formula is C20H14N2O2. The number of amides is 1. The molecule has 4 rings (SSSR count). The number of nitrogens with one attached hydrogen (secondary N) is 2. The van der Waals surface area contributed by atoms with Gasteiger partial charge in [0.25, 0.3) is 5.91 Å². The van der Waals surface area contributed by atoms with E-state index in [4.69, 9.17) is 0 Å². The van der Waals surface area contributed by atoms with Crippen LogP contribution in [0.15, 0.2) is 66.7 Å². The van der Waals surface area contributed by atoms with Crippen molar-refractivity contribution in [2.24, 2.45) is 0 Å². The Hall–Kier alpha value is -3.40. The van der Waals surface area contributed by atoms with Crippen LogP contribution in [-0.4, -0.2) is 12.2 Å². The molecule has 3 aromatic rings. The van der Waals surface area contributed by atoms with E-state index in [9.17, 15) is 9.59 Å². The van der Waals surface area contributed by atoms with Crippen molar-refractivity contribution in [1.29, 1.82) is 0 Å². The van der Waals surface area contributed by atoms with Crippen LogP contribution in [-0.2, 0) is 0 Å². The Kier molecular flexibility index (Phi) is 3.35. The quantitative estimate of drug-likeness (QED) is 0.686. The number of aldehydes is 1. The Labute approximate surface area is 139 Å². The van der Waals surface area contributed by atoms with E-state index in [1.54, 1.807) is 6.07 Å². The minimum absolute atomic E-state index is 0.157. The lowest BCUT2D eigenvalue weighted by Crippen LogP contribution is -2.10. The number of fused-ring (bicyclic) bond motifs is 2. The van der Waals surface area contributed by atoms with Crippen molar-refractivity contribution >= 4 is 29.3 Å². The van der Waals surface area contributed by atoms with Crippen molar-refractivity contribution in [3.8, 4) is 11.1 Å². The van der Waals surface area contributed by atoms with Crippen molar-refractivity contribution in [2.45, 2.75) is 0 Å². The van der Waals surface area contributed by atoms with Gasteiger partial charge >= 0.3 is 0 Å². The van der Waals surface area contributed by atoms with E-state index in [0.29, 0.717) is 11.1 Å². The van der Waals surface area contributed by atoms with Crippen LogP contribution >= 0.6 is 0 Å². The smallest absolute Gasteiger partial charge is 0.257 e. The molecule has 2 N–H and O–H groups in total. The summed E-state index contributed by atoms with van der Waals surface area (Å²) in [6.45, 7) is 0. The molecule has 1 aliphatic heterocycles. The number of anilines is 3. The van der Waals surface area contributed by atoms with Gasteiger partial charge in [0.2, 0.25) is 0 Å².